The Morgan fingerprint density at radius 1 is 1.27 bits per heavy atom. The molecule has 6 nitrogen and oxygen atoms in total. The molecule has 1 atom stereocenters. The van der Waals surface area contributed by atoms with Crippen molar-refractivity contribution in [3.8, 4) is 11.8 Å². The number of anilines is 1. The Bertz CT molecular complexity index is 817. The van der Waals surface area contributed by atoms with E-state index < -0.39 is 18.6 Å². The number of carbonyl (C=O) groups is 1. The molecule has 0 fully saturated rings. The normalized spacial score (nSPS) is 11.8. The molecular weight excluding hydrogens is 344 g/mol. The third-order valence-corrected chi connectivity index (χ3v) is 3.15. The monoisotopic (exact) mass is 359 g/mol. The Labute approximate surface area is 148 Å². The molecule has 0 heterocycles. The first-order valence-electron chi connectivity index (χ1n) is 7.53. The molecule has 26 heavy (non-hydrogen) atoms. The first kappa shape index (κ1) is 18.9. The summed E-state index contributed by atoms with van der Waals surface area (Å²) in [5, 5.41) is 15.2. The summed E-state index contributed by atoms with van der Waals surface area (Å²) in [4.78, 5) is 17.1. The number of amides is 1. The molecule has 0 saturated carbocycles. The van der Waals surface area contributed by atoms with E-state index in [1.807, 2.05) is 6.07 Å². The third-order valence-electron chi connectivity index (χ3n) is 3.15. The van der Waals surface area contributed by atoms with Crippen LogP contribution in [0.5, 0.6) is 5.75 Å². The number of hydrogen-bond acceptors (Lipinski definition) is 5. The summed E-state index contributed by atoms with van der Waals surface area (Å²) >= 11 is 0. The lowest BCUT2D eigenvalue weighted by Gasteiger charge is -2.10. The smallest absolute Gasteiger partial charge is 0.387 e. The van der Waals surface area contributed by atoms with Crippen molar-refractivity contribution in [1.82, 2.24) is 0 Å². The molecule has 2 rings (SSSR count). The molecule has 0 bridgehead atoms. The van der Waals surface area contributed by atoms with E-state index in [-0.39, 0.29) is 5.75 Å². The number of nitriles is 1. The summed E-state index contributed by atoms with van der Waals surface area (Å²) in [6.07, 6.45) is 0.463. The number of benzene rings is 2. The van der Waals surface area contributed by atoms with E-state index in [1.165, 1.54) is 43.5 Å². The first-order chi connectivity index (χ1) is 12.5. The summed E-state index contributed by atoms with van der Waals surface area (Å²) in [6, 6.07) is 14.2. The van der Waals surface area contributed by atoms with Crippen LogP contribution in [0.15, 0.2) is 53.7 Å². The average Bonchev–Trinajstić information content (AvgIpc) is 2.62. The van der Waals surface area contributed by atoms with Gasteiger partial charge in [-0.3, -0.25) is 4.79 Å². The number of nitrogens with zero attached hydrogens (tertiary/aromatic N) is 2. The van der Waals surface area contributed by atoms with Gasteiger partial charge in [-0.1, -0.05) is 11.2 Å². The largest absolute Gasteiger partial charge is 0.435 e. The van der Waals surface area contributed by atoms with Crippen LogP contribution in [0.1, 0.15) is 18.1 Å². The highest BCUT2D eigenvalue weighted by Crippen LogP contribution is 2.14. The number of nitrogens with one attached hydrogen (secondary N) is 1. The second kappa shape index (κ2) is 9.13. The van der Waals surface area contributed by atoms with Crippen molar-refractivity contribution in [3.05, 3.63) is 59.7 Å². The molecule has 8 heteroatoms. The van der Waals surface area contributed by atoms with Gasteiger partial charge in [0.2, 0.25) is 6.10 Å². The topological polar surface area (TPSA) is 83.7 Å². The van der Waals surface area contributed by atoms with Crippen LogP contribution in [-0.2, 0) is 9.63 Å². The highest BCUT2D eigenvalue weighted by Gasteiger charge is 2.14. The lowest BCUT2D eigenvalue weighted by atomic mass is 10.2. The van der Waals surface area contributed by atoms with E-state index in [1.54, 1.807) is 18.2 Å². The minimum Gasteiger partial charge on any atom is -0.435 e. The Balaban J connectivity index is 1.86. The SMILES string of the molecule is CC(O/N=C/c1ccc(OC(F)F)cc1)C(=O)Nc1cccc(C#N)c1. The highest BCUT2D eigenvalue weighted by atomic mass is 19.3. The number of hydrogen-bond donors (Lipinski definition) is 1. The fourth-order valence-electron chi connectivity index (χ4n) is 1.88. The van der Waals surface area contributed by atoms with E-state index in [0.29, 0.717) is 16.8 Å². The lowest BCUT2D eigenvalue weighted by molar-refractivity contribution is -0.126. The Morgan fingerprint density at radius 2 is 2.00 bits per heavy atom. The van der Waals surface area contributed by atoms with Gasteiger partial charge >= 0.3 is 6.61 Å². The van der Waals surface area contributed by atoms with Crippen molar-refractivity contribution in [2.45, 2.75) is 19.6 Å². The van der Waals surface area contributed by atoms with Gasteiger partial charge in [-0.05, 0) is 55.0 Å². The number of halogens is 2. The van der Waals surface area contributed by atoms with Crippen molar-refractivity contribution in [2.75, 3.05) is 5.32 Å². The van der Waals surface area contributed by atoms with Crippen LogP contribution in [0.25, 0.3) is 0 Å². The molecule has 0 aromatic heterocycles. The van der Waals surface area contributed by atoms with Crippen molar-refractivity contribution in [1.29, 1.82) is 5.26 Å². The Morgan fingerprint density at radius 3 is 2.65 bits per heavy atom. The van der Waals surface area contributed by atoms with Crippen LogP contribution >= 0.6 is 0 Å². The quantitative estimate of drug-likeness (QED) is 0.605. The summed E-state index contributed by atoms with van der Waals surface area (Å²) in [7, 11) is 0. The molecule has 134 valence electrons. The second-order valence-corrected chi connectivity index (χ2v) is 5.11. The van der Waals surface area contributed by atoms with Gasteiger partial charge in [0, 0.05) is 5.69 Å². The van der Waals surface area contributed by atoms with Crippen molar-refractivity contribution < 1.29 is 23.1 Å². The maximum Gasteiger partial charge on any atom is 0.387 e. The number of oxime groups is 1. The summed E-state index contributed by atoms with van der Waals surface area (Å²) in [6.45, 7) is -1.37. The molecule has 1 amide bonds. The number of carbonyl (C=O) groups excluding carboxylic acids is 1. The number of rotatable bonds is 7. The molecule has 1 unspecified atom stereocenters. The number of ether oxygens (including phenoxy) is 1. The molecule has 0 aliphatic carbocycles. The van der Waals surface area contributed by atoms with E-state index in [4.69, 9.17) is 10.1 Å². The Kier molecular flexibility index (Phi) is 6.62. The lowest BCUT2D eigenvalue weighted by Crippen LogP contribution is -2.26. The summed E-state index contributed by atoms with van der Waals surface area (Å²) in [5.74, 6) is -0.400. The molecule has 0 spiro atoms. The summed E-state index contributed by atoms with van der Waals surface area (Å²) < 4.78 is 28.4. The van der Waals surface area contributed by atoms with Gasteiger partial charge in [0.15, 0.2) is 0 Å². The fourth-order valence-corrected chi connectivity index (χ4v) is 1.88. The van der Waals surface area contributed by atoms with Crippen LogP contribution in [0, 0.1) is 11.3 Å². The van der Waals surface area contributed by atoms with Crippen LogP contribution in [0.4, 0.5) is 14.5 Å². The summed E-state index contributed by atoms with van der Waals surface area (Å²) in [5.41, 5.74) is 1.48. The van der Waals surface area contributed by atoms with Gasteiger partial charge in [-0.25, -0.2) is 0 Å². The molecule has 1 N–H and O–H groups in total. The van der Waals surface area contributed by atoms with Crippen LogP contribution in [0.3, 0.4) is 0 Å². The van der Waals surface area contributed by atoms with E-state index in [9.17, 15) is 13.6 Å². The maximum atomic E-state index is 12.1. The zero-order valence-corrected chi connectivity index (χ0v) is 13.7. The molecule has 2 aromatic carbocycles. The van der Waals surface area contributed by atoms with E-state index in [0.717, 1.165) is 0 Å². The van der Waals surface area contributed by atoms with Crippen LogP contribution in [0.2, 0.25) is 0 Å². The molecule has 0 radical (unpaired) electrons. The van der Waals surface area contributed by atoms with Gasteiger partial charge in [-0.15, -0.1) is 0 Å². The van der Waals surface area contributed by atoms with Crippen molar-refractivity contribution >= 4 is 17.8 Å². The van der Waals surface area contributed by atoms with Crippen molar-refractivity contribution in [2.24, 2.45) is 5.16 Å². The van der Waals surface area contributed by atoms with Crippen LogP contribution < -0.4 is 10.1 Å². The zero-order chi connectivity index (χ0) is 18.9. The fraction of sp³-hybridized carbons (Fsp3) is 0.167. The molecule has 0 saturated heterocycles. The molecule has 0 aliphatic heterocycles. The predicted molar refractivity (Wildman–Crippen MR) is 91.0 cm³/mol. The van der Waals surface area contributed by atoms with E-state index in [2.05, 4.69) is 15.2 Å². The van der Waals surface area contributed by atoms with Gasteiger partial charge in [0.1, 0.15) is 5.75 Å². The van der Waals surface area contributed by atoms with Gasteiger partial charge in [0.05, 0.1) is 17.8 Å². The van der Waals surface area contributed by atoms with Gasteiger partial charge in [-0.2, -0.15) is 14.0 Å². The molecule has 2 aromatic rings. The number of alkyl halides is 2. The third kappa shape index (κ3) is 5.87. The minimum atomic E-state index is -2.88. The van der Waals surface area contributed by atoms with Crippen molar-refractivity contribution in [3.63, 3.8) is 0 Å². The molecule has 0 aliphatic rings. The predicted octanol–water partition coefficient (Wildman–Crippen LogP) is 3.54. The van der Waals surface area contributed by atoms with Gasteiger partial charge < -0.3 is 14.9 Å². The minimum absolute atomic E-state index is 0.0328. The Hall–Kier alpha value is -3.47. The first-order valence-corrected chi connectivity index (χ1v) is 7.53. The maximum absolute atomic E-state index is 12.1. The van der Waals surface area contributed by atoms with E-state index >= 15 is 0 Å². The standard InChI is InChI=1S/C18H15F2N3O3/c1-12(17(24)23-15-4-2-3-14(9-15)10-21)26-22-11-13-5-7-16(8-6-13)25-18(19)20/h2-9,11-12,18H,1H3,(H,23,24)/b22-11+. The van der Waals surface area contributed by atoms with Gasteiger partial charge in [0.25, 0.3) is 5.91 Å². The average molecular weight is 359 g/mol. The second-order valence-electron chi connectivity index (χ2n) is 5.11. The van der Waals surface area contributed by atoms with Crippen LogP contribution in [-0.4, -0.2) is 24.8 Å². The molecular formula is C18H15F2N3O3. The zero-order valence-electron chi connectivity index (χ0n) is 13.7. The highest BCUT2D eigenvalue weighted by molar-refractivity contribution is 5.94.